The molecule has 0 aromatic rings. The van der Waals surface area contributed by atoms with Crippen LogP contribution in [-0.2, 0) is 0 Å². The van der Waals surface area contributed by atoms with Crippen molar-refractivity contribution in [2.24, 2.45) is 54.7 Å². The highest BCUT2D eigenvalue weighted by Gasteiger charge is 2.43. The summed E-state index contributed by atoms with van der Waals surface area (Å²) in [6.07, 6.45) is 7.81. The van der Waals surface area contributed by atoms with Crippen LogP contribution in [0.3, 0.4) is 0 Å². The van der Waals surface area contributed by atoms with E-state index in [2.05, 4.69) is 33.4 Å². The molecular formula is C13H22N8. The molecule has 0 aliphatic heterocycles. The first kappa shape index (κ1) is 15.0. The van der Waals surface area contributed by atoms with Gasteiger partial charge in [-0.25, -0.2) is 0 Å². The third-order valence-corrected chi connectivity index (χ3v) is 4.23. The lowest BCUT2D eigenvalue weighted by molar-refractivity contribution is 0.326. The first-order valence-corrected chi connectivity index (χ1v) is 6.90. The van der Waals surface area contributed by atoms with Crippen LogP contribution in [0.4, 0.5) is 0 Å². The lowest BCUT2D eigenvalue weighted by Crippen LogP contribution is -2.29. The normalized spacial score (nSPS) is 30.0. The molecule has 0 amide bonds. The van der Waals surface area contributed by atoms with Crippen molar-refractivity contribution in [1.82, 2.24) is 0 Å². The third kappa shape index (κ3) is 3.39. The number of hydrogen-bond acceptors (Lipinski definition) is 4. The van der Waals surface area contributed by atoms with Crippen LogP contribution < -0.4 is 22.9 Å². The molecule has 0 aromatic heterocycles. The maximum absolute atomic E-state index is 5.29. The van der Waals surface area contributed by atoms with Gasteiger partial charge in [0.15, 0.2) is 0 Å². The predicted molar refractivity (Wildman–Crippen MR) is 85.7 cm³/mol. The van der Waals surface area contributed by atoms with Gasteiger partial charge in [0.05, 0.1) is 5.71 Å². The Morgan fingerprint density at radius 1 is 1.19 bits per heavy atom. The number of nitrogens with two attached hydrogens (primary N) is 4. The Balaban J connectivity index is 2.17. The fourth-order valence-electron chi connectivity index (χ4n) is 3.02. The van der Waals surface area contributed by atoms with Crippen molar-refractivity contribution < 1.29 is 0 Å². The molecule has 2 aliphatic rings. The van der Waals surface area contributed by atoms with Crippen LogP contribution in [0.1, 0.15) is 32.6 Å². The first-order valence-electron chi connectivity index (χ1n) is 6.90. The van der Waals surface area contributed by atoms with Gasteiger partial charge >= 0.3 is 0 Å². The van der Waals surface area contributed by atoms with E-state index in [-0.39, 0.29) is 17.3 Å². The maximum atomic E-state index is 5.29. The van der Waals surface area contributed by atoms with Crippen LogP contribution in [0.5, 0.6) is 0 Å². The van der Waals surface area contributed by atoms with Gasteiger partial charge in [0.25, 0.3) is 0 Å². The molecule has 0 bridgehead atoms. The topological polar surface area (TPSA) is 154 Å². The van der Waals surface area contributed by atoms with Crippen LogP contribution >= 0.6 is 0 Å². The van der Waals surface area contributed by atoms with Gasteiger partial charge in [0.2, 0.25) is 11.9 Å². The molecule has 2 atom stereocenters. The molecule has 0 aromatic carbocycles. The van der Waals surface area contributed by atoms with E-state index in [1.807, 2.05) is 6.21 Å². The SMILES string of the molecule is C[C@@]12CC/C(=N\N=C(N)N)C=C1CC[C@H]2/C=N/N=C(N)N. The summed E-state index contributed by atoms with van der Waals surface area (Å²) in [4.78, 5) is 0. The Morgan fingerprint density at radius 2 is 1.90 bits per heavy atom. The second-order valence-electron chi connectivity index (χ2n) is 5.64. The van der Waals surface area contributed by atoms with Crippen molar-refractivity contribution in [3.05, 3.63) is 11.6 Å². The van der Waals surface area contributed by atoms with E-state index in [0.717, 1.165) is 31.4 Å². The minimum Gasteiger partial charge on any atom is -0.369 e. The number of guanidine groups is 2. The highest BCUT2D eigenvalue weighted by molar-refractivity contribution is 5.97. The average molecular weight is 290 g/mol. The summed E-state index contributed by atoms with van der Waals surface area (Å²) in [7, 11) is 0. The molecule has 8 N–H and O–H groups in total. The molecule has 0 saturated heterocycles. The Kier molecular flexibility index (Phi) is 4.25. The summed E-state index contributed by atoms with van der Waals surface area (Å²) in [5.41, 5.74) is 23.5. The minimum absolute atomic E-state index is 0.0251. The van der Waals surface area contributed by atoms with E-state index in [0.29, 0.717) is 5.92 Å². The van der Waals surface area contributed by atoms with Gasteiger partial charge in [0.1, 0.15) is 0 Å². The molecule has 1 fully saturated rings. The van der Waals surface area contributed by atoms with E-state index >= 15 is 0 Å². The first-order chi connectivity index (χ1) is 9.91. The monoisotopic (exact) mass is 290 g/mol. The summed E-state index contributed by atoms with van der Waals surface area (Å²) in [6.45, 7) is 2.25. The summed E-state index contributed by atoms with van der Waals surface area (Å²) < 4.78 is 0. The Morgan fingerprint density at radius 3 is 2.57 bits per heavy atom. The van der Waals surface area contributed by atoms with Crippen LogP contribution in [0.25, 0.3) is 0 Å². The molecule has 21 heavy (non-hydrogen) atoms. The largest absolute Gasteiger partial charge is 0.369 e. The lowest BCUT2D eigenvalue weighted by atomic mass is 9.70. The molecule has 0 unspecified atom stereocenters. The zero-order valence-electron chi connectivity index (χ0n) is 12.2. The van der Waals surface area contributed by atoms with Gasteiger partial charge in [-0.15, -0.1) is 10.2 Å². The molecule has 8 heteroatoms. The van der Waals surface area contributed by atoms with E-state index in [4.69, 9.17) is 22.9 Å². The van der Waals surface area contributed by atoms with Crippen LogP contribution in [0.2, 0.25) is 0 Å². The minimum atomic E-state index is -0.0273. The van der Waals surface area contributed by atoms with Crippen molar-refractivity contribution in [3.8, 4) is 0 Å². The molecule has 114 valence electrons. The summed E-state index contributed by atoms with van der Waals surface area (Å²) in [5, 5.41) is 15.4. The molecule has 0 heterocycles. The lowest BCUT2D eigenvalue weighted by Gasteiger charge is -2.34. The van der Waals surface area contributed by atoms with E-state index in [1.165, 1.54) is 5.57 Å². The molecule has 0 spiro atoms. The van der Waals surface area contributed by atoms with Crippen molar-refractivity contribution in [2.45, 2.75) is 32.6 Å². The Labute approximate surface area is 123 Å². The zero-order chi connectivity index (χ0) is 15.5. The average Bonchev–Trinajstić information content (AvgIpc) is 2.73. The van der Waals surface area contributed by atoms with Gasteiger partial charge in [-0.05, 0) is 37.2 Å². The van der Waals surface area contributed by atoms with Crippen molar-refractivity contribution in [3.63, 3.8) is 0 Å². The van der Waals surface area contributed by atoms with Crippen LogP contribution in [0, 0.1) is 11.3 Å². The molecular weight excluding hydrogens is 268 g/mol. The number of nitrogens with zero attached hydrogens (tertiary/aromatic N) is 4. The molecule has 8 nitrogen and oxygen atoms in total. The van der Waals surface area contributed by atoms with Gasteiger partial charge in [0, 0.05) is 12.1 Å². The van der Waals surface area contributed by atoms with Gasteiger partial charge in [-0.1, -0.05) is 12.5 Å². The summed E-state index contributed by atoms with van der Waals surface area (Å²) >= 11 is 0. The highest BCUT2D eigenvalue weighted by atomic mass is 15.3. The van der Waals surface area contributed by atoms with Crippen molar-refractivity contribution in [1.29, 1.82) is 0 Å². The number of fused-ring (bicyclic) bond motifs is 1. The molecule has 0 radical (unpaired) electrons. The molecule has 2 aliphatic carbocycles. The fraction of sp³-hybridized carbons (Fsp3) is 0.538. The van der Waals surface area contributed by atoms with Crippen molar-refractivity contribution >= 4 is 23.8 Å². The maximum Gasteiger partial charge on any atom is 0.211 e. The standard InChI is InChI=1S/C13H22N8/c1-13-5-4-10(19-21-12(16)17)6-8(13)2-3-9(13)7-18-20-11(14)15/h6-7,9H,2-5H2,1H3,(H4,14,15,20)(H4,16,17,21)/b18-7+,19-10+/t9-,13+/m0/s1. The van der Waals surface area contributed by atoms with Gasteiger partial charge in [-0.2, -0.15) is 10.2 Å². The van der Waals surface area contributed by atoms with Crippen molar-refractivity contribution in [2.75, 3.05) is 0 Å². The Bertz CT molecular complexity index is 549. The third-order valence-electron chi connectivity index (χ3n) is 4.23. The summed E-state index contributed by atoms with van der Waals surface area (Å²) in [6, 6.07) is 0. The number of allylic oxidation sites excluding steroid dienone is 2. The Hall–Kier alpha value is -2.38. The highest BCUT2D eigenvalue weighted by Crippen LogP contribution is 2.51. The van der Waals surface area contributed by atoms with Crippen LogP contribution in [-0.4, -0.2) is 23.8 Å². The predicted octanol–water partition coefficient (Wildman–Crippen LogP) is 0.0115. The van der Waals surface area contributed by atoms with Gasteiger partial charge < -0.3 is 22.9 Å². The van der Waals surface area contributed by atoms with E-state index in [1.54, 1.807) is 0 Å². The fourth-order valence-corrected chi connectivity index (χ4v) is 3.02. The number of hydrogen-bond donors (Lipinski definition) is 4. The van der Waals surface area contributed by atoms with E-state index in [9.17, 15) is 0 Å². The summed E-state index contributed by atoms with van der Waals surface area (Å²) in [5.74, 6) is 0.278. The molecule has 2 rings (SSSR count). The second-order valence-corrected chi connectivity index (χ2v) is 5.64. The zero-order valence-corrected chi connectivity index (χ0v) is 12.2. The second kappa shape index (κ2) is 5.94. The smallest absolute Gasteiger partial charge is 0.211 e. The number of rotatable bonds is 3. The quantitative estimate of drug-likeness (QED) is 0.328. The van der Waals surface area contributed by atoms with E-state index < -0.39 is 0 Å². The van der Waals surface area contributed by atoms with Gasteiger partial charge in [-0.3, -0.25) is 0 Å². The molecule has 1 saturated carbocycles. The van der Waals surface area contributed by atoms with Crippen LogP contribution in [0.15, 0.2) is 32.1 Å².